The standard InChI is InChI=1S/C17H20ClN3OS.ClH/c1-11(19)12-5-4-8-21(9-12)17(22)15-10-23-16(20-15)13-6-2-3-7-14(13)18;/h2-3,6-7,10-12H,4-5,8-9,19H2,1H3;1H. The molecule has 0 radical (unpaired) electrons. The number of hydrogen-bond acceptors (Lipinski definition) is 4. The fraction of sp³-hybridized carbons (Fsp3) is 0.412. The van der Waals surface area contributed by atoms with Gasteiger partial charge in [-0.25, -0.2) is 4.98 Å². The van der Waals surface area contributed by atoms with E-state index >= 15 is 0 Å². The Morgan fingerprint density at radius 2 is 2.21 bits per heavy atom. The summed E-state index contributed by atoms with van der Waals surface area (Å²) >= 11 is 7.66. The number of halogens is 2. The van der Waals surface area contributed by atoms with Crippen molar-refractivity contribution >= 4 is 41.3 Å². The average Bonchev–Trinajstić information content (AvgIpc) is 3.04. The van der Waals surface area contributed by atoms with Gasteiger partial charge >= 0.3 is 0 Å². The molecule has 0 bridgehead atoms. The number of amides is 1. The van der Waals surface area contributed by atoms with Crippen LogP contribution < -0.4 is 5.73 Å². The molecule has 24 heavy (non-hydrogen) atoms. The Bertz CT molecular complexity index is 705. The van der Waals surface area contributed by atoms with Crippen LogP contribution >= 0.6 is 35.3 Å². The number of aromatic nitrogens is 1. The first kappa shape index (κ1) is 19.2. The molecular weight excluding hydrogens is 365 g/mol. The van der Waals surface area contributed by atoms with Crippen LogP contribution in [0.5, 0.6) is 0 Å². The summed E-state index contributed by atoms with van der Waals surface area (Å²) in [6.07, 6.45) is 2.09. The van der Waals surface area contributed by atoms with Gasteiger partial charge in [-0.3, -0.25) is 4.79 Å². The first-order valence-electron chi connectivity index (χ1n) is 7.81. The van der Waals surface area contributed by atoms with E-state index in [1.54, 1.807) is 0 Å². The van der Waals surface area contributed by atoms with Crippen molar-refractivity contribution in [2.24, 2.45) is 11.7 Å². The molecule has 4 nitrogen and oxygen atoms in total. The predicted octanol–water partition coefficient (Wildman–Crippen LogP) is 4.08. The lowest BCUT2D eigenvalue weighted by Gasteiger charge is -2.34. The fourth-order valence-electron chi connectivity index (χ4n) is 2.92. The quantitative estimate of drug-likeness (QED) is 0.865. The Kier molecular flexibility index (Phi) is 6.63. The van der Waals surface area contributed by atoms with Crippen molar-refractivity contribution < 1.29 is 4.79 Å². The zero-order valence-electron chi connectivity index (χ0n) is 13.4. The zero-order chi connectivity index (χ0) is 16.4. The van der Waals surface area contributed by atoms with Gasteiger partial charge in [0, 0.05) is 30.1 Å². The van der Waals surface area contributed by atoms with E-state index in [4.69, 9.17) is 17.3 Å². The number of thiazole rings is 1. The van der Waals surface area contributed by atoms with Crippen LogP contribution in [0.4, 0.5) is 0 Å². The molecule has 1 aromatic heterocycles. The summed E-state index contributed by atoms with van der Waals surface area (Å²) in [4.78, 5) is 19.1. The Balaban J connectivity index is 0.00000208. The minimum absolute atomic E-state index is 0. The molecule has 2 atom stereocenters. The molecule has 1 fully saturated rings. The maximum Gasteiger partial charge on any atom is 0.273 e. The number of nitrogens with two attached hydrogens (primary N) is 1. The molecule has 1 aliphatic heterocycles. The highest BCUT2D eigenvalue weighted by Gasteiger charge is 2.27. The molecule has 0 aliphatic carbocycles. The highest BCUT2D eigenvalue weighted by molar-refractivity contribution is 7.13. The van der Waals surface area contributed by atoms with E-state index in [9.17, 15) is 4.79 Å². The van der Waals surface area contributed by atoms with Crippen LogP contribution in [0.25, 0.3) is 10.6 Å². The zero-order valence-corrected chi connectivity index (χ0v) is 15.8. The van der Waals surface area contributed by atoms with E-state index in [-0.39, 0.29) is 24.4 Å². The molecule has 2 unspecified atom stereocenters. The van der Waals surface area contributed by atoms with Crippen LogP contribution in [0.1, 0.15) is 30.3 Å². The Hall–Kier alpha value is -1.14. The van der Waals surface area contributed by atoms with E-state index in [1.807, 2.05) is 41.5 Å². The molecule has 7 heteroatoms. The topological polar surface area (TPSA) is 59.2 Å². The number of piperidine rings is 1. The number of carbonyl (C=O) groups is 1. The normalized spacial score (nSPS) is 18.8. The van der Waals surface area contributed by atoms with Gasteiger partial charge < -0.3 is 10.6 Å². The summed E-state index contributed by atoms with van der Waals surface area (Å²) in [6.45, 7) is 3.51. The van der Waals surface area contributed by atoms with Gasteiger partial charge in [0.1, 0.15) is 10.7 Å². The van der Waals surface area contributed by atoms with Gasteiger partial charge in [0.25, 0.3) is 5.91 Å². The van der Waals surface area contributed by atoms with Gasteiger partial charge in [-0.1, -0.05) is 29.8 Å². The van der Waals surface area contributed by atoms with E-state index in [0.29, 0.717) is 16.6 Å². The third-order valence-corrected chi connectivity index (χ3v) is 5.52. The minimum atomic E-state index is -0.00935. The number of hydrogen-bond donors (Lipinski definition) is 1. The summed E-state index contributed by atoms with van der Waals surface area (Å²) in [5, 5.41) is 3.24. The van der Waals surface area contributed by atoms with Gasteiger partial charge in [0.15, 0.2) is 0 Å². The van der Waals surface area contributed by atoms with Gasteiger partial charge in [0.2, 0.25) is 0 Å². The molecule has 1 aliphatic rings. The van der Waals surface area contributed by atoms with Gasteiger partial charge in [-0.2, -0.15) is 0 Å². The van der Waals surface area contributed by atoms with Crippen LogP contribution in [0, 0.1) is 5.92 Å². The summed E-state index contributed by atoms with van der Waals surface area (Å²) in [5.74, 6) is 0.360. The molecule has 0 spiro atoms. The monoisotopic (exact) mass is 385 g/mol. The van der Waals surface area contributed by atoms with E-state index in [0.717, 1.165) is 36.5 Å². The second-order valence-electron chi connectivity index (χ2n) is 6.03. The van der Waals surface area contributed by atoms with Crippen LogP contribution in [0.3, 0.4) is 0 Å². The maximum absolute atomic E-state index is 12.7. The molecule has 0 saturated carbocycles. The summed E-state index contributed by atoms with van der Waals surface area (Å²) in [5.41, 5.74) is 7.36. The lowest BCUT2D eigenvalue weighted by Crippen LogP contribution is -2.45. The third kappa shape index (κ3) is 4.09. The molecule has 1 aromatic carbocycles. The number of likely N-dealkylation sites (tertiary alicyclic amines) is 1. The molecule has 130 valence electrons. The average molecular weight is 386 g/mol. The van der Waals surface area contributed by atoms with E-state index in [1.165, 1.54) is 11.3 Å². The molecule has 3 rings (SSSR count). The Morgan fingerprint density at radius 3 is 2.92 bits per heavy atom. The first-order chi connectivity index (χ1) is 11.1. The number of rotatable bonds is 3. The van der Waals surface area contributed by atoms with Crippen LogP contribution in [0.15, 0.2) is 29.6 Å². The fourth-order valence-corrected chi connectivity index (χ4v) is 4.03. The molecular formula is C17H21Cl2N3OS. The van der Waals surface area contributed by atoms with Crippen molar-refractivity contribution in [3.05, 3.63) is 40.4 Å². The van der Waals surface area contributed by atoms with Crippen LogP contribution in [0.2, 0.25) is 5.02 Å². The van der Waals surface area contributed by atoms with Crippen molar-refractivity contribution in [1.82, 2.24) is 9.88 Å². The summed E-state index contributed by atoms with van der Waals surface area (Å²) < 4.78 is 0. The van der Waals surface area contributed by atoms with Crippen molar-refractivity contribution in [1.29, 1.82) is 0 Å². The molecule has 2 heterocycles. The van der Waals surface area contributed by atoms with Gasteiger partial charge in [-0.15, -0.1) is 23.7 Å². The SMILES string of the molecule is CC(N)C1CCCN(C(=O)c2csc(-c3ccccc3Cl)n2)C1.Cl. The third-order valence-electron chi connectivity index (χ3n) is 4.32. The van der Waals surface area contributed by atoms with Gasteiger partial charge in [-0.05, 0) is 31.7 Å². The van der Waals surface area contributed by atoms with E-state index < -0.39 is 0 Å². The molecule has 2 N–H and O–H groups in total. The van der Waals surface area contributed by atoms with Crippen molar-refractivity contribution in [2.45, 2.75) is 25.8 Å². The minimum Gasteiger partial charge on any atom is -0.337 e. The molecule has 1 amide bonds. The number of carbonyl (C=O) groups excluding carboxylic acids is 1. The molecule has 2 aromatic rings. The maximum atomic E-state index is 12.7. The second-order valence-corrected chi connectivity index (χ2v) is 7.30. The van der Waals surface area contributed by atoms with Gasteiger partial charge in [0.05, 0.1) is 5.02 Å². The summed E-state index contributed by atoms with van der Waals surface area (Å²) in [7, 11) is 0. The van der Waals surface area contributed by atoms with Crippen molar-refractivity contribution in [3.8, 4) is 10.6 Å². The number of benzene rings is 1. The predicted molar refractivity (Wildman–Crippen MR) is 102 cm³/mol. The van der Waals surface area contributed by atoms with E-state index in [2.05, 4.69) is 4.98 Å². The Labute approximate surface area is 157 Å². The number of nitrogens with zero attached hydrogens (tertiary/aromatic N) is 2. The summed E-state index contributed by atoms with van der Waals surface area (Å²) in [6, 6.07) is 7.66. The smallest absolute Gasteiger partial charge is 0.273 e. The van der Waals surface area contributed by atoms with Crippen LogP contribution in [-0.4, -0.2) is 34.9 Å². The van der Waals surface area contributed by atoms with Crippen molar-refractivity contribution in [2.75, 3.05) is 13.1 Å². The highest BCUT2D eigenvalue weighted by atomic mass is 35.5. The lowest BCUT2D eigenvalue weighted by molar-refractivity contribution is 0.0656. The van der Waals surface area contributed by atoms with Crippen LogP contribution in [-0.2, 0) is 0 Å². The first-order valence-corrected chi connectivity index (χ1v) is 9.07. The lowest BCUT2D eigenvalue weighted by atomic mass is 9.92. The largest absolute Gasteiger partial charge is 0.337 e. The highest BCUT2D eigenvalue weighted by Crippen LogP contribution is 2.30. The second kappa shape index (κ2) is 8.30. The van der Waals surface area contributed by atoms with Crippen molar-refractivity contribution in [3.63, 3.8) is 0 Å². The molecule has 1 saturated heterocycles. The Morgan fingerprint density at radius 1 is 1.46 bits per heavy atom.